The Labute approximate surface area is 245 Å². The molecule has 5 rings (SSSR count). The van der Waals surface area contributed by atoms with Gasteiger partial charge in [-0.15, -0.1) is 0 Å². The number of hydrogen-bond donors (Lipinski definition) is 2. The number of carbonyl (C=O) groups is 2. The molecule has 13 heteroatoms. The second kappa shape index (κ2) is 9.62. The van der Waals surface area contributed by atoms with Gasteiger partial charge in [0, 0.05) is 5.56 Å². The lowest BCUT2D eigenvalue weighted by atomic mass is 10.1. The number of benzene rings is 3. The quantitative estimate of drug-likeness (QED) is 0.219. The van der Waals surface area contributed by atoms with E-state index >= 15 is 0 Å². The highest BCUT2D eigenvalue weighted by Gasteiger charge is 2.35. The minimum atomic E-state index is -0.516. The van der Waals surface area contributed by atoms with Gasteiger partial charge in [0.2, 0.25) is 0 Å². The third-order valence-electron chi connectivity index (χ3n) is 5.94. The molecule has 2 heterocycles. The van der Waals surface area contributed by atoms with Crippen LogP contribution in [0.4, 0.5) is 11.4 Å². The monoisotopic (exact) mass is 632 g/mol. The number of hydrogen-bond acceptors (Lipinski definition) is 4. The smallest absolute Gasteiger partial charge is 0.259 e. The van der Waals surface area contributed by atoms with E-state index in [0.29, 0.717) is 28.1 Å². The molecule has 2 aliphatic heterocycles. The van der Waals surface area contributed by atoms with Crippen LogP contribution in [0.25, 0.3) is 0 Å². The van der Waals surface area contributed by atoms with E-state index in [1.54, 1.807) is 32.0 Å². The zero-order valence-electron chi connectivity index (χ0n) is 18.6. The summed E-state index contributed by atoms with van der Waals surface area (Å²) in [6.07, 6.45) is 0. The van der Waals surface area contributed by atoms with Crippen LogP contribution in [0.5, 0.6) is 0 Å². The molecule has 3 aromatic rings. The maximum absolute atomic E-state index is 12.7. The lowest BCUT2D eigenvalue weighted by Gasteiger charge is -2.11. The summed E-state index contributed by atoms with van der Waals surface area (Å²) in [6, 6.07) is 5.15. The zero-order valence-corrected chi connectivity index (χ0v) is 23.9. The van der Waals surface area contributed by atoms with Crippen molar-refractivity contribution < 1.29 is 9.59 Å². The third kappa shape index (κ3) is 4.10. The first-order valence-electron chi connectivity index (χ1n) is 10.4. The summed E-state index contributed by atoms with van der Waals surface area (Å²) in [7, 11) is 0. The molecule has 3 aromatic carbocycles. The van der Waals surface area contributed by atoms with Crippen LogP contribution in [0.3, 0.4) is 0 Å². The molecule has 0 atom stereocenters. The maximum Gasteiger partial charge on any atom is 0.259 e. The maximum atomic E-state index is 12.7. The van der Waals surface area contributed by atoms with Gasteiger partial charge in [0.05, 0.1) is 68.8 Å². The molecule has 0 unspecified atom stereocenters. The first-order valence-corrected chi connectivity index (χ1v) is 13.0. The van der Waals surface area contributed by atoms with Crippen LogP contribution in [0.1, 0.15) is 43.0 Å². The second-order valence-corrected chi connectivity index (χ2v) is 10.7. The number of rotatable bonds is 2. The second-order valence-electron chi connectivity index (χ2n) is 8.07. The molecule has 2 N–H and O–H groups in total. The van der Waals surface area contributed by atoms with Crippen LogP contribution in [-0.2, 0) is 0 Å². The molecule has 0 spiro atoms. The van der Waals surface area contributed by atoms with Crippen LogP contribution < -0.4 is 10.6 Å². The fourth-order valence-electron chi connectivity index (χ4n) is 4.01. The Balaban J connectivity index is 1.64. The van der Waals surface area contributed by atoms with Crippen molar-refractivity contribution in [1.82, 2.24) is 10.6 Å². The predicted octanol–water partition coefficient (Wildman–Crippen LogP) is 8.52. The topological polar surface area (TPSA) is 82.9 Å². The van der Waals surface area contributed by atoms with E-state index in [9.17, 15) is 9.59 Å². The molecule has 0 aromatic heterocycles. The average molecular weight is 636 g/mol. The molecule has 0 fully saturated rings. The number of aliphatic imine (C=N–C) groups is 2. The Hall–Kier alpha value is -2.03. The normalized spacial score (nSPS) is 16.4. The summed E-state index contributed by atoms with van der Waals surface area (Å²) in [5, 5.41) is 5.96. The van der Waals surface area contributed by atoms with Crippen molar-refractivity contribution in [2.75, 3.05) is 0 Å². The third-order valence-corrected chi connectivity index (χ3v) is 9.16. The number of carbonyl (C=O) groups excluding carboxylic acids is 2. The summed E-state index contributed by atoms with van der Waals surface area (Å²) in [5.74, 6) is -0.619. The van der Waals surface area contributed by atoms with Crippen molar-refractivity contribution in [3.8, 4) is 0 Å². The molecule has 6 nitrogen and oxygen atoms in total. The summed E-state index contributed by atoms with van der Waals surface area (Å²) >= 11 is 44.2. The molecule has 0 saturated heterocycles. The molecular formula is C24H11Cl7N4O2. The summed E-state index contributed by atoms with van der Waals surface area (Å²) < 4.78 is 0. The van der Waals surface area contributed by atoms with E-state index in [1.165, 1.54) is 0 Å². The first kappa shape index (κ1) is 26.6. The van der Waals surface area contributed by atoms with Crippen molar-refractivity contribution in [2.24, 2.45) is 9.98 Å². The highest BCUT2D eigenvalue weighted by molar-refractivity contribution is 6.55. The standard InChI is InChI=1S/C24H11Cl7N4O2/c1-6-8(32-21-10-12(23(36)34-21)14(25)7(2)15(26)16(10)27)4-3-5-9(6)33-22-11-13(24(37)35-22)18(29)20(31)19(30)17(11)28/h3-5H,1-2H3,(H,32,34,36)(H,33,35,37). The van der Waals surface area contributed by atoms with Crippen LogP contribution in [-0.4, -0.2) is 23.5 Å². The van der Waals surface area contributed by atoms with Gasteiger partial charge in [0.25, 0.3) is 11.8 Å². The summed E-state index contributed by atoms with van der Waals surface area (Å²) in [5.41, 5.74) is 2.88. The van der Waals surface area contributed by atoms with Crippen molar-refractivity contribution in [3.63, 3.8) is 0 Å². The van der Waals surface area contributed by atoms with Crippen molar-refractivity contribution in [1.29, 1.82) is 0 Å². The molecule has 2 amide bonds. The minimum Gasteiger partial charge on any atom is -0.306 e. The number of amides is 2. The molecule has 37 heavy (non-hydrogen) atoms. The number of amidine groups is 2. The Bertz CT molecular complexity index is 1550. The van der Waals surface area contributed by atoms with Gasteiger partial charge in [-0.2, -0.15) is 0 Å². The van der Waals surface area contributed by atoms with E-state index in [1.807, 2.05) is 0 Å². The zero-order chi connectivity index (χ0) is 26.9. The van der Waals surface area contributed by atoms with Crippen molar-refractivity contribution in [2.45, 2.75) is 13.8 Å². The minimum absolute atomic E-state index is 0.00762. The fraction of sp³-hybridized carbons (Fsp3) is 0.0833. The number of halogens is 7. The van der Waals surface area contributed by atoms with Gasteiger partial charge in [0.15, 0.2) is 0 Å². The molecule has 2 aliphatic rings. The van der Waals surface area contributed by atoms with E-state index in [0.717, 1.165) is 0 Å². The molecule has 0 bridgehead atoms. The first-order chi connectivity index (χ1) is 17.4. The van der Waals surface area contributed by atoms with E-state index in [4.69, 9.17) is 81.2 Å². The Kier molecular flexibility index (Phi) is 6.91. The van der Waals surface area contributed by atoms with Gasteiger partial charge in [-0.05, 0) is 31.5 Å². The van der Waals surface area contributed by atoms with Crippen LogP contribution in [0.15, 0.2) is 28.2 Å². The SMILES string of the molecule is Cc1c(N=C2NC(=O)c3c(Cl)c(C)c(Cl)c(Cl)c32)cccc1N=C1NC(=O)c2c(Cl)c(Cl)c(Cl)c(Cl)c21. The van der Waals surface area contributed by atoms with Gasteiger partial charge in [-0.1, -0.05) is 87.3 Å². The average Bonchev–Trinajstić information content (AvgIpc) is 3.36. The fourth-order valence-corrected chi connectivity index (χ4v) is 5.87. The van der Waals surface area contributed by atoms with Crippen molar-refractivity contribution >= 4 is 116 Å². The lowest BCUT2D eigenvalue weighted by Crippen LogP contribution is -2.21. The van der Waals surface area contributed by atoms with Crippen molar-refractivity contribution in [3.05, 3.63) is 86.7 Å². The number of nitrogens with one attached hydrogen (secondary N) is 2. The molecule has 0 radical (unpaired) electrons. The van der Waals surface area contributed by atoms with Crippen LogP contribution in [0, 0.1) is 13.8 Å². The van der Waals surface area contributed by atoms with Gasteiger partial charge >= 0.3 is 0 Å². The van der Waals surface area contributed by atoms with Gasteiger partial charge in [0.1, 0.15) is 11.7 Å². The van der Waals surface area contributed by atoms with E-state index in [2.05, 4.69) is 20.6 Å². The highest BCUT2D eigenvalue weighted by Crippen LogP contribution is 2.44. The lowest BCUT2D eigenvalue weighted by molar-refractivity contribution is 0.0975. The largest absolute Gasteiger partial charge is 0.306 e. The number of nitrogens with zero attached hydrogens (tertiary/aromatic N) is 2. The van der Waals surface area contributed by atoms with E-state index < -0.39 is 11.8 Å². The molecular weight excluding hydrogens is 624 g/mol. The van der Waals surface area contributed by atoms with Gasteiger partial charge in [-0.3, -0.25) is 9.59 Å². The van der Waals surface area contributed by atoms with Crippen LogP contribution in [0.2, 0.25) is 35.2 Å². The summed E-state index contributed by atoms with van der Waals surface area (Å²) in [6.45, 7) is 3.45. The van der Waals surface area contributed by atoms with Crippen LogP contribution >= 0.6 is 81.2 Å². The number of fused-ring (bicyclic) bond motifs is 2. The Morgan fingerprint density at radius 2 is 0.946 bits per heavy atom. The molecule has 0 aliphatic carbocycles. The molecule has 188 valence electrons. The Morgan fingerprint density at radius 1 is 0.541 bits per heavy atom. The summed E-state index contributed by atoms with van der Waals surface area (Å²) in [4.78, 5) is 34.5. The Morgan fingerprint density at radius 3 is 1.43 bits per heavy atom. The molecule has 0 saturated carbocycles. The predicted molar refractivity (Wildman–Crippen MR) is 151 cm³/mol. The highest BCUT2D eigenvalue weighted by atomic mass is 35.5. The van der Waals surface area contributed by atoms with E-state index in [-0.39, 0.29) is 63.5 Å². The van der Waals surface area contributed by atoms with Gasteiger partial charge < -0.3 is 10.6 Å². The van der Waals surface area contributed by atoms with Gasteiger partial charge in [-0.25, -0.2) is 9.98 Å².